The van der Waals surface area contributed by atoms with Crippen LogP contribution in [0.5, 0.6) is 11.5 Å². The van der Waals surface area contributed by atoms with Gasteiger partial charge in [0.1, 0.15) is 23.0 Å². The first-order valence-corrected chi connectivity index (χ1v) is 11.7. The van der Waals surface area contributed by atoms with Crippen LogP contribution in [-0.2, 0) is 11.3 Å². The lowest BCUT2D eigenvalue weighted by atomic mass is 10.1. The van der Waals surface area contributed by atoms with Crippen molar-refractivity contribution in [1.82, 2.24) is 0 Å². The molecule has 174 valence electrons. The second-order valence-electron chi connectivity index (χ2n) is 7.67. The number of fused-ring (bicyclic) bond motifs is 1. The van der Waals surface area contributed by atoms with Crippen LogP contribution in [0.2, 0.25) is 0 Å². The van der Waals surface area contributed by atoms with Crippen LogP contribution in [-0.4, -0.2) is 25.6 Å². The van der Waals surface area contributed by atoms with Crippen LogP contribution < -0.4 is 14.8 Å². The number of hydrogen-bond acceptors (Lipinski definition) is 6. The van der Waals surface area contributed by atoms with Crippen molar-refractivity contribution in [3.8, 4) is 11.5 Å². The van der Waals surface area contributed by atoms with Gasteiger partial charge in [-0.15, -0.1) is 11.3 Å². The summed E-state index contributed by atoms with van der Waals surface area (Å²) in [6.45, 7) is 4.72. The first-order valence-electron chi connectivity index (χ1n) is 10.8. The van der Waals surface area contributed by atoms with E-state index in [0.29, 0.717) is 28.5 Å². The maximum absolute atomic E-state index is 13.0. The van der Waals surface area contributed by atoms with Gasteiger partial charge in [-0.3, -0.25) is 4.79 Å². The minimum Gasteiger partial charge on any atom is -0.493 e. The Morgan fingerprint density at radius 2 is 1.74 bits per heavy atom. The van der Waals surface area contributed by atoms with Crippen LogP contribution in [0.25, 0.3) is 10.1 Å². The topological polar surface area (TPSA) is 73.9 Å². The first-order chi connectivity index (χ1) is 16.5. The molecule has 1 aromatic heterocycles. The van der Waals surface area contributed by atoms with Gasteiger partial charge in [0.15, 0.2) is 0 Å². The zero-order valence-electron chi connectivity index (χ0n) is 19.2. The molecule has 0 spiro atoms. The highest BCUT2D eigenvalue weighted by Gasteiger charge is 2.14. The van der Waals surface area contributed by atoms with Gasteiger partial charge in [-0.2, -0.15) is 0 Å². The summed E-state index contributed by atoms with van der Waals surface area (Å²) >= 11 is 1.35. The van der Waals surface area contributed by atoms with Crippen molar-refractivity contribution in [2.45, 2.75) is 20.5 Å². The molecule has 0 saturated heterocycles. The summed E-state index contributed by atoms with van der Waals surface area (Å²) < 4.78 is 17.4. The molecular formula is C27H25NO5S. The predicted octanol–water partition coefficient (Wildman–Crippen LogP) is 6.23. The Morgan fingerprint density at radius 1 is 0.941 bits per heavy atom. The van der Waals surface area contributed by atoms with Crippen molar-refractivity contribution in [2.24, 2.45) is 0 Å². The molecule has 0 radical (unpaired) electrons. The van der Waals surface area contributed by atoms with Gasteiger partial charge in [-0.25, -0.2) is 4.79 Å². The van der Waals surface area contributed by atoms with Crippen LogP contribution in [0.3, 0.4) is 0 Å². The molecule has 1 heterocycles. The number of anilines is 1. The third kappa shape index (κ3) is 5.38. The Morgan fingerprint density at radius 3 is 2.47 bits per heavy atom. The average molecular weight is 476 g/mol. The molecule has 1 N–H and O–H groups in total. The first kappa shape index (κ1) is 23.3. The Balaban J connectivity index is 1.52. The number of rotatable bonds is 8. The third-order valence-electron chi connectivity index (χ3n) is 5.20. The van der Waals surface area contributed by atoms with Crippen molar-refractivity contribution >= 4 is 39.0 Å². The van der Waals surface area contributed by atoms with E-state index in [4.69, 9.17) is 14.2 Å². The van der Waals surface area contributed by atoms with E-state index in [0.717, 1.165) is 27.0 Å². The highest BCUT2D eigenvalue weighted by atomic mass is 32.1. The highest BCUT2D eigenvalue weighted by Crippen LogP contribution is 2.29. The fourth-order valence-electron chi connectivity index (χ4n) is 3.45. The van der Waals surface area contributed by atoms with E-state index in [1.54, 1.807) is 24.3 Å². The van der Waals surface area contributed by atoms with E-state index in [-0.39, 0.29) is 18.5 Å². The molecule has 4 rings (SSSR count). The molecule has 3 aromatic carbocycles. The van der Waals surface area contributed by atoms with Gasteiger partial charge in [-0.05, 0) is 73.8 Å². The van der Waals surface area contributed by atoms with Crippen LogP contribution >= 0.6 is 11.3 Å². The zero-order valence-corrected chi connectivity index (χ0v) is 20.0. The Labute approximate surface area is 202 Å². The van der Waals surface area contributed by atoms with E-state index in [9.17, 15) is 9.59 Å². The lowest BCUT2D eigenvalue weighted by molar-refractivity contribution is 0.0606. The zero-order chi connectivity index (χ0) is 24.1. The number of methoxy groups -OCH3 is 1. The van der Waals surface area contributed by atoms with Crippen molar-refractivity contribution < 1.29 is 23.8 Å². The quantitative estimate of drug-likeness (QED) is 0.306. The number of nitrogens with one attached hydrogen (secondary N) is 1. The normalized spacial score (nSPS) is 10.7. The number of carbonyl (C=O) groups excluding carboxylic acids is 2. The fraction of sp³-hybridized carbons (Fsp3) is 0.185. The number of benzene rings is 3. The Kier molecular flexibility index (Phi) is 7.13. The van der Waals surface area contributed by atoms with Crippen molar-refractivity contribution in [3.63, 3.8) is 0 Å². The summed E-state index contributed by atoms with van der Waals surface area (Å²) in [5.74, 6) is 0.809. The molecule has 0 aliphatic heterocycles. The molecule has 0 atom stereocenters. The molecular weight excluding hydrogens is 450 g/mol. The van der Waals surface area contributed by atoms with Gasteiger partial charge in [0, 0.05) is 21.5 Å². The summed E-state index contributed by atoms with van der Waals surface area (Å²) in [4.78, 5) is 25.3. The summed E-state index contributed by atoms with van der Waals surface area (Å²) in [7, 11) is 1.36. The minimum atomic E-state index is -0.374. The highest BCUT2D eigenvalue weighted by molar-refractivity contribution is 7.20. The Bertz CT molecular complexity index is 1330. The van der Waals surface area contributed by atoms with Crippen LogP contribution in [0.4, 0.5) is 5.69 Å². The van der Waals surface area contributed by atoms with Gasteiger partial charge in [0.25, 0.3) is 5.91 Å². The SMILES string of the molecule is CCOc1ccc(C(=O)Nc2ccc3sc(C(=O)OC)cc3c2)cc1COc1ccc(C)cc1. The van der Waals surface area contributed by atoms with E-state index < -0.39 is 0 Å². The lowest BCUT2D eigenvalue weighted by Crippen LogP contribution is -2.13. The van der Waals surface area contributed by atoms with Crippen molar-refractivity contribution in [1.29, 1.82) is 0 Å². The Hall–Kier alpha value is -3.84. The number of amides is 1. The largest absolute Gasteiger partial charge is 0.493 e. The summed E-state index contributed by atoms with van der Waals surface area (Å²) in [5, 5.41) is 3.79. The van der Waals surface area contributed by atoms with Crippen molar-refractivity contribution in [3.05, 3.63) is 88.3 Å². The number of esters is 1. The average Bonchev–Trinajstić information content (AvgIpc) is 3.27. The molecule has 0 aliphatic rings. The van der Waals surface area contributed by atoms with E-state index in [1.807, 2.05) is 56.3 Å². The summed E-state index contributed by atoms with van der Waals surface area (Å²) in [6, 6.07) is 20.4. The summed E-state index contributed by atoms with van der Waals surface area (Å²) in [6.07, 6.45) is 0. The number of carbonyl (C=O) groups is 2. The number of aryl methyl sites for hydroxylation is 1. The number of ether oxygens (including phenoxy) is 3. The molecule has 4 aromatic rings. The smallest absolute Gasteiger partial charge is 0.348 e. The van der Waals surface area contributed by atoms with Gasteiger partial charge in [-0.1, -0.05) is 17.7 Å². The third-order valence-corrected chi connectivity index (χ3v) is 6.29. The molecule has 6 nitrogen and oxygen atoms in total. The van der Waals surface area contributed by atoms with E-state index in [1.165, 1.54) is 18.4 Å². The van der Waals surface area contributed by atoms with E-state index >= 15 is 0 Å². The second-order valence-corrected chi connectivity index (χ2v) is 8.75. The fourth-order valence-corrected chi connectivity index (χ4v) is 4.41. The molecule has 0 bridgehead atoms. The van der Waals surface area contributed by atoms with Gasteiger partial charge >= 0.3 is 5.97 Å². The minimum absolute atomic E-state index is 0.248. The van der Waals surface area contributed by atoms with Crippen LogP contribution in [0.1, 0.15) is 38.1 Å². The van der Waals surface area contributed by atoms with Crippen LogP contribution in [0, 0.1) is 6.92 Å². The maximum Gasteiger partial charge on any atom is 0.348 e. The monoisotopic (exact) mass is 475 g/mol. The second kappa shape index (κ2) is 10.4. The number of thiophene rings is 1. The molecule has 0 saturated carbocycles. The van der Waals surface area contributed by atoms with Crippen molar-refractivity contribution in [2.75, 3.05) is 19.0 Å². The molecule has 0 aliphatic carbocycles. The summed E-state index contributed by atoms with van der Waals surface area (Å²) in [5.41, 5.74) is 3.07. The van der Waals surface area contributed by atoms with Gasteiger partial charge < -0.3 is 19.5 Å². The van der Waals surface area contributed by atoms with Gasteiger partial charge in [0.2, 0.25) is 0 Å². The predicted molar refractivity (Wildman–Crippen MR) is 134 cm³/mol. The molecule has 7 heteroatoms. The molecule has 34 heavy (non-hydrogen) atoms. The standard InChI is InChI=1S/C27H25NO5S/c1-4-32-23-11-7-18(13-20(23)16-33-22-9-5-17(2)6-10-22)26(29)28-21-8-12-24-19(14-21)15-25(34-24)27(30)31-3/h5-15H,4,16H2,1-3H3,(H,28,29). The lowest BCUT2D eigenvalue weighted by Gasteiger charge is -2.14. The molecule has 0 fully saturated rings. The number of hydrogen-bond donors (Lipinski definition) is 1. The van der Waals surface area contributed by atoms with Gasteiger partial charge in [0.05, 0.1) is 13.7 Å². The molecule has 1 amide bonds. The maximum atomic E-state index is 13.0. The van der Waals surface area contributed by atoms with E-state index in [2.05, 4.69) is 5.32 Å². The molecule has 0 unspecified atom stereocenters. The van der Waals surface area contributed by atoms with Crippen LogP contribution in [0.15, 0.2) is 66.7 Å².